The highest BCUT2D eigenvalue weighted by molar-refractivity contribution is 14.1. The number of carbonyl (C=O) groups excluding carboxylic acids is 2. The lowest BCUT2D eigenvalue weighted by molar-refractivity contribution is -0.140. The van der Waals surface area contributed by atoms with E-state index in [9.17, 15) is 9.59 Å². The molecule has 8 heteroatoms. The van der Waals surface area contributed by atoms with Crippen molar-refractivity contribution in [1.29, 1.82) is 0 Å². The van der Waals surface area contributed by atoms with Crippen molar-refractivity contribution in [3.63, 3.8) is 0 Å². The molecule has 1 aromatic carbocycles. The first-order valence-corrected chi connectivity index (χ1v) is 8.34. The molecule has 0 bridgehead atoms. The van der Waals surface area contributed by atoms with E-state index in [2.05, 4.69) is 45.2 Å². The summed E-state index contributed by atoms with van der Waals surface area (Å²) in [6, 6.07) is 5.79. The summed E-state index contributed by atoms with van der Waals surface area (Å²) in [5.41, 5.74) is 1.05. The Kier molecular flexibility index (Phi) is 6.03. The van der Waals surface area contributed by atoms with E-state index < -0.39 is 11.9 Å². The van der Waals surface area contributed by atoms with Crippen LogP contribution in [0.15, 0.2) is 29.5 Å². The third-order valence-corrected chi connectivity index (χ3v) is 4.24. The number of rotatable bonds is 3. The summed E-state index contributed by atoms with van der Waals surface area (Å²) in [4.78, 5) is 25.7. The van der Waals surface area contributed by atoms with Crippen LogP contribution in [0.5, 0.6) is 0 Å². The van der Waals surface area contributed by atoms with E-state index in [1.807, 2.05) is 18.2 Å². The number of esters is 2. The van der Waals surface area contributed by atoms with Crippen LogP contribution < -0.4 is 4.90 Å². The van der Waals surface area contributed by atoms with Gasteiger partial charge in [-0.3, -0.25) is 0 Å². The molecule has 0 unspecified atom stereocenters. The fraction of sp³-hybridized carbons (Fsp3) is 0.286. The van der Waals surface area contributed by atoms with Gasteiger partial charge in [-0.05, 0) is 63.4 Å². The fourth-order valence-electron chi connectivity index (χ4n) is 2.04. The summed E-state index contributed by atoms with van der Waals surface area (Å²) in [6.07, 6.45) is 0. The Hall–Kier alpha value is -0.880. The third-order valence-electron chi connectivity index (χ3n) is 2.99. The average Bonchev–Trinajstić information content (AvgIpc) is 2.51. The first-order valence-electron chi connectivity index (χ1n) is 6.19. The quantitative estimate of drug-likeness (QED) is 0.443. The molecule has 0 N–H and O–H groups in total. The Morgan fingerprint density at radius 3 is 2.23 bits per heavy atom. The molecule has 0 aliphatic carbocycles. The number of benzene rings is 1. The molecule has 0 saturated carbocycles. The summed E-state index contributed by atoms with van der Waals surface area (Å²) >= 11 is 4.38. The summed E-state index contributed by atoms with van der Waals surface area (Å²) in [7, 11) is 2.54. The van der Waals surface area contributed by atoms with E-state index in [0.717, 1.165) is 12.8 Å². The van der Waals surface area contributed by atoms with Crippen molar-refractivity contribution in [2.24, 2.45) is 0 Å². The van der Waals surface area contributed by atoms with Gasteiger partial charge in [-0.25, -0.2) is 9.59 Å². The van der Waals surface area contributed by atoms with Crippen LogP contribution in [0, 0.1) is 7.14 Å². The molecule has 6 nitrogen and oxygen atoms in total. The molecule has 0 fully saturated rings. The molecule has 1 heterocycles. The number of ether oxygens (including phenoxy) is 3. The predicted molar refractivity (Wildman–Crippen MR) is 96.2 cm³/mol. The van der Waals surface area contributed by atoms with Gasteiger partial charge in [0.1, 0.15) is 12.4 Å². The molecular formula is C14H13I2NO5. The first kappa shape index (κ1) is 17.5. The second-order valence-electron chi connectivity index (χ2n) is 4.34. The van der Waals surface area contributed by atoms with Crippen LogP contribution in [-0.2, 0) is 23.8 Å². The van der Waals surface area contributed by atoms with Crippen molar-refractivity contribution >= 4 is 62.8 Å². The number of carbonyl (C=O) groups is 2. The molecule has 0 amide bonds. The van der Waals surface area contributed by atoms with Crippen LogP contribution >= 0.6 is 45.2 Å². The molecule has 1 aliphatic rings. The van der Waals surface area contributed by atoms with Crippen LogP contribution in [0.1, 0.15) is 0 Å². The number of nitrogens with zero attached hydrogens (tertiary/aromatic N) is 1. The number of methoxy groups -OCH3 is 2. The smallest absolute Gasteiger partial charge is 0.355 e. The normalized spacial score (nSPS) is 14.8. The maximum Gasteiger partial charge on any atom is 0.355 e. The van der Waals surface area contributed by atoms with Gasteiger partial charge in [0.25, 0.3) is 0 Å². The number of hydrogen-bond acceptors (Lipinski definition) is 6. The lowest BCUT2D eigenvalue weighted by Crippen LogP contribution is -2.38. The second kappa shape index (κ2) is 7.59. The van der Waals surface area contributed by atoms with Crippen molar-refractivity contribution in [2.75, 3.05) is 32.5 Å². The van der Waals surface area contributed by atoms with Gasteiger partial charge in [0.15, 0.2) is 0 Å². The second-order valence-corrected chi connectivity index (χ2v) is 6.83. The largest absolute Gasteiger partial charge is 0.466 e. The highest BCUT2D eigenvalue weighted by atomic mass is 127. The van der Waals surface area contributed by atoms with E-state index in [4.69, 9.17) is 14.2 Å². The lowest BCUT2D eigenvalue weighted by Gasteiger charge is -2.31. The van der Waals surface area contributed by atoms with Gasteiger partial charge in [-0.1, -0.05) is 0 Å². The van der Waals surface area contributed by atoms with E-state index in [1.165, 1.54) is 14.2 Å². The molecule has 0 spiro atoms. The summed E-state index contributed by atoms with van der Waals surface area (Å²) < 4.78 is 17.0. The highest BCUT2D eigenvalue weighted by Gasteiger charge is 2.32. The average molecular weight is 529 g/mol. The number of anilines is 1. The fourth-order valence-corrected chi connectivity index (χ4v) is 3.95. The van der Waals surface area contributed by atoms with Gasteiger partial charge in [0.2, 0.25) is 0 Å². The van der Waals surface area contributed by atoms with Gasteiger partial charge in [0, 0.05) is 12.8 Å². The summed E-state index contributed by atoms with van der Waals surface area (Å²) in [5, 5.41) is 0. The number of halogens is 2. The Morgan fingerprint density at radius 2 is 1.68 bits per heavy atom. The maximum atomic E-state index is 12.2. The van der Waals surface area contributed by atoms with Crippen LogP contribution in [0.25, 0.3) is 0 Å². The van der Waals surface area contributed by atoms with Crippen molar-refractivity contribution in [3.8, 4) is 0 Å². The van der Waals surface area contributed by atoms with E-state index >= 15 is 0 Å². The van der Waals surface area contributed by atoms with Gasteiger partial charge < -0.3 is 19.1 Å². The van der Waals surface area contributed by atoms with Crippen LogP contribution in [0.3, 0.4) is 0 Å². The minimum Gasteiger partial charge on any atom is -0.466 e. The zero-order valence-electron chi connectivity index (χ0n) is 11.9. The molecule has 0 radical (unpaired) electrons. The Bertz CT molecular complexity index is 624. The van der Waals surface area contributed by atoms with Crippen LogP contribution in [0.2, 0.25) is 0 Å². The number of hydrogen-bond donors (Lipinski definition) is 0. The summed E-state index contributed by atoms with van der Waals surface area (Å²) in [6.45, 7) is 0.162. The molecule has 0 saturated heterocycles. The van der Waals surface area contributed by atoms with Crippen LogP contribution in [-0.4, -0.2) is 39.5 Å². The van der Waals surface area contributed by atoms with Crippen molar-refractivity contribution < 1.29 is 23.8 Å². The van der Waals surface area contributed by atoms with Gasteiger partial charge in [-0.15, -0.1) is 0 Å². The SMILES string of the molecule is COC(=O)C1=C(C(=O)OC)N(c2cc(I)cc(I)c2)COC1. The molecule has 1 aromatic rings. The molecule has 0 aromatic heterocycles. The van der Waals surface area contributed by atoms with Gasteiger partial charge in [-0.2, -0.15) is 0 Å². The molecule has 0 atom stereocenters. The predicted octanol–water partition coefficient (Wildman–Crippen LogP) is 2.29. The first-order chi connectivity index (χ1) is 10.5. The topological polar surface area (TPSA) is 65.1 Å². The Morgan fingerprint density at radius 1 is 1.09 bits per heavy atom. The molecule has 1 aliphatic heterocycles. The zero-order chi connectivity index (χ0) is 16.3. The van der Waals surface area contributed by atoms with E-state index in [1.54, 1.807) is 4.90 Å². The minimum absolute atomic E-state index is 0.00856. The van der Waals surface area contributed by atoms with E-state index in [-0.39, 0.29) is 24.6 Å². The van der Waals surface area contributed by atoms with Crippen molar-refractivity contribution in [2.45, 2.75) is 0 Å². The Balaban J connectivity index is 2.57. The van der Waals surface area contributed by atoms with Crippen molar-refractivity contribution in [3.05, 3.63) is 36.6 Å². The minimum atomic E-state index is -0.606. The third kappa shape index (κ3) is 3.71. The maximum absolute atomic E-state index is 12.2. The zero-order valence-corrected chi connectivity index (χ0v) is 16.2. The van der Waals surface area contributed by atoms with Gasteiger partial charge >= 0.3 is 11.9 Å². The van der Waals surface area contributed by atoms with Gasteiger partial charge in [0.05, 0.1) is 26.4 Å². The molecule has 2 rings (SSSR count). The van der Waals surface area contributed by atoms with Crippen LogP contribution in [0.4, 0.5) is 5.69 Å². The molecule has 22 heavy (non-hydrogen) atoms. The van der Waals surface area contributed by atoms with Crippen molar-refractivity contribution in [1.82, 2.24) is 0 Å². The standard InChI is InChI=1S/C14H13I2NO5/c1-20-13(18)11-6-22-7-17(12(11)14(19)21-2)10-4-8(15)3-9(16)5-10/h3-5H,6-7H2,1-2H3. The Labute approximate surface area is 155 Å². The molecule has 118 valence electrons. The summed E-state index contributed by atoms with van der Waals surface area (Å²) in [5.74, 6) is -1.21. The highest BCUT2D eigenvalue weighted by Crippen LogP contribution is 2.29. The lowest BCUT2D eigenvalue weighted by atomic mass is 10.1. The van der Waals surface area contributed by atoms with E-state index in [0.29, 0.717) is 0 Å². The monoisotopic (exact) mass is 529 g/mol. The molecular weight excluding hydrogens is 516 g/mol.